The molecule has 0 N–H and O–H groups in total. The Balaban J connectivity index is 2.12. The molecule has 0 amide bonds. The van der Waals surface area contributed by atoms with Crippen LogP contribution >= 0.6 is 23.5 Å². The predicted octanol–water partition coefficient (Wildman–Crippen LogP) is 2.06. The van der Waals surface area contributed by atoms with Crippen LogP contribution in [0.4, 0.5) is 0 Å². The Kier molecular flexibility index (Phi) is 2.40. The first kappa shape index (κ1) is 5.83. The lowest BCUT2D eigenvalue weighted by Crippen LogP contribution is -2.06. The Hall–Kier alpha value is 0.700. The minimum absolute atomic E-state index is 0.962. The van der Waals surface area contributed by atoms with Gasteiger partial charge in [-0.05, 0) is 17.4 Å². The second kappa shape index (κ2) is 2.88. The van der Waals surface area contributed by atoms with Gasteiger partial charge in [-0.1, -0.05) is 6.92 Å². The van der Waals surface area contributed by atoms with Gasteiger partial charge >= 0.3 is 0 Å². The normalized spacial score (nSPS) is 25.3. The molecule has 0 aliphatic carbocycles. The summed E-state index contributed by atoms with van der Waals surface area (Å²) in [6, 6.07) is 0. The number of thioether (sulfide) groups is 2. The number of hydrogen-bond donors (Lipinski definition) is 0. The standard InChI is InChI=1S/C5H10S2/c1-5-2-6-4-7-3-5/h5H,2-4H2,1H3. The quantitative estimate of drug-likeness (QED) is 0.497. The maximum atomic E-state index is 2.32. The van der Waals surface area contributed by atoms with Gasteiger partial charge in [0, 0.05) is 5.08 Å². The van der Waals surface area contributed by atoms with Gasteiger partial charge in [0.2, 0.25) is 0 Å². The highest BCUT2D eigenvalue weighted by Crippen LogP contribution is 2.24. The molecule has 2 heteroatoms. The zero-order valence-electron chi connectivity index (χ0n) is 4.52. The minimum atomic E-state index is 0.962. The highest BCUT2D eigenvalue weighted by Gasteiger charge is 2.06. The van der Waals surface area contributed by atoms with Crippen LogP contribution in [-0.4, -0.2) is 16.6 Å². The summed E-state index contributed by atoms with van der Waals surface area (Å²) in [6.45, 7) is 2.32. The van der Waals surface area contributed by atoms with Crippen LogP contribution in [0, 0.1) is 5.92 Å². The van der Waals surface area contributed by atoms with E-state index in [-0.39, 0.29) is 0 Å². The summed E-state index contributed by atoms with van der Waals surface area (Å²) in [7, 11) is 0. The van der Waals surface area contributed by atoms with Gasteiger partial charge in [0.15, 0.2) is 0 Å². The van der Waals surface area contributed by atoms with Gasteiger partial charge in [0.1, 0.15) is 0 Å². The molecule has 0 nitrogen and oxygen atoms in total. The van der Waals surface area contributed by atoms with Crippen molar-refractivity contribution in [1.82, 2.24) is 0 Å². The Bertz CT molecular complexity index is 48.0. The van der Waals surface area contributed by atoms with Gasteiger partial charge in [0.25, 0.3) is 0 Å². The van der Waals surface area contributed by atoms with Crippen LogP contribution in [0.25, 0.3) is 0 Å². The van der Waals surface area contributed by atoms with Crippen LogP contribution in [0.5, 0.6) is 0 Å². The molecule has 0 radical (unpaired) electrons. The van der Waals surface area contributed by atoms with Crippen molar-refractivity contribution >= 4 is 23.5 Å². The van der Waals surface area contributed by atoms with Crippen molar-refractivity contribution in [2.75, 3.05) is 16.6 Å². The fourth-order valence-corrected chi connectivity index (χ4v) is 3.04. The monoisotopic (exact) mass is 134 g/mol. The summed E-state index contributed by atoms with van der Waals surface area (Å²) in [5, 5.41) is 1.32. The first-order valence-electron chi connectivity index (χ1n) is 2.55. The average Bonchev–Trinajstić information content (AvgIpc) is 1.69. The molecule has 1 fully saturated rings. The largest absolute Gasteiger partial charge is 0.151 e. The van der Waals surface area contributed by atoms with Crippen molar-refractivity contribution in [3.63, 3.8) is 0 Å². The van der Waals surface area contributed by atoms with E-state index in [1.54, 1.807) is 0 Å². The molecule has 7 heavy (non-hydrogen) atoms. The molecule has 0 aromatic carbocycles. The molecular weight excluding hydrogens is 124 g/mol. The summed E-state index contributed by atoms with van der Waals surface area (Å²) in [5.41, 5.74) is 0. The Morgan fingerprint density at radius 2 is 1.86 bits per heavy atom. The smallest absolute Gasteiger partial charge is 0.0392 e. The van der Waals surface area contributed by atoms with E-state index in [0.29, 0.717) is 0 Å². The topological polar surface area (TPSA) is 0 Å². The molecule has 1 aliphatic heterocycles. The zero-order chi connectivity index (χ0) is 5.11. The Morgan fingerprint density at radius 3 is 2.14 bits per heavy atom. The summed E-state index contributed by atoms with van der Waals surface area (Å²) in [5.74, 6) is 3.73. The summed E-state index contributed by atoms with van der Waals surface area (Å²) >= 11 is 4.13. The molecule has 1 heterocycles. The second-order valence-corrected chi connectivity index (χ2v) is 4.39. The van der Waals surface area contributed by atoms with Gasteiger partial charge in [0.05, 0.1) is 0 Å². The van der Waals surface area contributed by atoms with Crippen molar-refractivity contribution in [3.05, 3.63) is 0 Å². The van der Waals surface area contributed by atoms with E-state index in [1.165, 1.54) is 16.6 Å². The third-order valence-corrected chi connectivity index (χ3v) is 3.91. The van der Waals surface area contributed by atoms with E-state index in [0.717, 1.165) is 5.92 Å². The van der Waals surface area contributed by atoms with Crippen molar-refractivity contribution < 1.29 is 0 Å². The molecule has 1 aliphatic rings. The third kappa shape index (κ3) is 1.96. The lowest BCUT2D eigenvalue weighted by atomic mass is 10.3. The van der Waals surface area contributed by atoms with E-state index in [2.05, 4.69) is 30.4 Å². The maximum Gasteiger partial charge on any atom is 0.0392 e. The van der Waals surface area contributed by atoms with Crippen molar-refractivity contribution in [2.24, 2.45) is 5.92 Å². The molecule has 0 aromatic heterocycles. The van der Waals surface area contributed by atoms with E-state index < -0.39 is 0 Å². The zero-order valence-corrected chi connectivity index (χ0v) is 6.15. The first-order chi connectivity index (χ1) is 3.39. The van der Waals surface area contributed by atoms with Gasteiger partial charge in [-0.15, -0.1) is 0 Å². The molecule has 1 rings (SSSR count). The maximum absolute atomic E-state index is 2.32. The minimum Gasteiger partial charge on any atom is -0.151 e. The fraction of sp³-hybridized carbons (Fsp3) is 1.00. The van der Waals surface area contributed by atoms with E-state index in [4.69, 9.17) is 0 Å². The van der Waals surface area contributed by atoms with E-state index >= 15 is 0 Å². The molecule has 0 atom stereocenters. The van der Waals surface area contributed by atoms with Gasteiger partial charge in [-0.3, -0.25) is 0 Å². The molecule has 1 saturated heterocycles. The summed E-state index contributed by atoms with van der Waals surface area (Å²) in [6.07, 6.45) is 0. The van der Waals surface area contributed by atoms with Crippen molar-refractivity contribution in [3.8, 4) is 0 Å². The Labute approximate surface area is 53.4 Å². The molecular formula is C5H10S2. The Morgan fingerprint density at radius 1 is 1.29 bits per heavy atom. The van der Waals surface area contributed by atoms with Crippen LogP contribution in [0.3, 0.4) is 0 Å². The SMILES string of the molecule is CC1CSCSC1. The van der Waals surface area contributed by atoms with E-state index in [9.17, 15) is 0 Å². The first-order valence-corrected chi connectivity index (χ1v) is 4.86. The molecule has 0 bridgehead atoms. The summed E-state index contributed by atoms with van der Waals surface area (Å²) in [4.78, 5) is 0. The molecule has 42 valence electrons. The van der Waals surface area contributed by atoms with Crippen LogP contribution < -0.4 is 0 Å². The fourth-order valence-electron chi connectivity index (χ4n) is 0.606. The second-order valence-electron chi connectivity index (χ2n) is 1.96. The number of hydrogen-bond acceptors (Lipinski definition) is 2. The van der Waals surface area contributed by atoms with Crippen molar-refractivity contribution in [1.29, 1.82) is 0 Å². The average molecular weight is 134 g/mol. The third-order valence-electron chi connectivity index (χ3n) is 0.971. The van der Waals surface area contributed by atoms with Gasteiger partial charge in [-0.25, -0.2) is 0 Å². The molecule has 0 spiro atoms. The van der Waals surface area contributed by atoms with Crippen LogP contribution in [0.1, 0.15) is 6.92 Å². The van der Waals surface area contributed by atoms with Gasteiger partial charge in [-0.2, -0.15) is 23.5 Å². The van der Waals surface area contributed by atoms with Crippen LogP contribution in [0.15, 0.2) is 0 Å². The highest BCUT2D eigenvalue weighted by molar-refractivity contribution is 8.16. The number of rotatable bonds is 0. The van der Waals surface area contributed by atoms with Crippen LogP contribution in [-0.2, 0) is 0 Å². The predicted molar refractivity (Wildman–Crippen MR) is 38.9 cm³/mol. The summed E-state index contributed by atoms with van der Waals surface area (Å²) < 4.78 is 0. The van der Waals surface area contributed by atoms with Crippen molar-refractivity contribution in [2.45, 2.75) is 6.92 Å². The lowest BCUT2D eigenvalue weighted by molar-refractivity contribution is 0.762. The molecule has 0 unspecified atom stereocenters. The molecule has 0 aromatic rings. The van der Waals surface area contributed by atoms with Crippen LogP contribution in [0.2, 0.25) is 0 Å². The van der Waals surface area contributed by atoms with Gasteiger partial charge < -0.3 is 0 Å². The molecule has 0 saturated carbocycles. The van der Waals surface area contributed by atoms with E-state index in [1.807, 2.05) is 0 Å². The highest BCUT2D eigenvalue weighted by atomic mass is 32.2. The lowest BCUT2D eigenvalue weighted by Gasteiger charge is -2.15.